The van der Waals surface area contributed by atoms with Crippen LogP contribution in [0, 0.1) is 0 Å². The fourth-order valence-corrected chi connectivity index (χ4v) is 3.36. The minimum atomic E-state index is -0.748. The van der Waals surface area contributed by atoms with Crippen molar-refractivity contribution in [3.8, 4) is 11.5 Å². The van der Waals surface area contributed by atoms with Gasteiger partial charge in [0.25, 0.3) is 11.7 Å². The van der Waals surface area contributed by atoms with E-state index in [9.17, 15) is 14.7 Å². The second kappa shape index (κ2) is 8.79. The summed E-state index contributed by atoms with van der Waals surface area (Å²) in [6.07, 6.45) is 0. The number of likely N-dealkylation sites (tertiary alicyclic amines) is 1. The predicted octanol–water partition coefficient (Wildman–Crippen LogP) is 2.77. The molecular formula is C22H23NO6. The smallest absolute Gasteiger partial charge is 0.295 e. The van der Waals surface area contributed by atoms with Crippen LogP contribution < -0.4 is 9.47 Å². The van der Waals surface area contributed by atoms with Crippen LogP contribution in [0.1, 0.15) is 17.2 Å². The number of rotatable bonds is 7. The Morgan fingerprint density at radius 2 is 1.69 bits per heavy atom. The molecule has 152 valence electrons. The Morgan fingerprint density at radius 3 is 2.31 bits per heavy atom. The molecule has 1 heterocycles. The third-order valence-corrected chi connectivity index (χ3v) is 4.85. The molecule has 2 aromatic carbocycles. The number of hydrogen-bond donors (Lipinski definition) is 1. The number of amides is 1. The molecule has 0 spiro atoms. The molecule has 0 saturated carbocycles. The first-order chi connectivity index (χ1) is 14.0. The van der Waals surface area contributed by atoms with Crippen LogP contribution in [0.4, 0.5) is 0 Å². The number of carbonyl (C=O) groups is 2. The molecule has 1 fully saturated rings. The molecule has 0 aliphatic carbocycles. The Labute approximate surface area is 169 Å². The Balaban J connectivity index is 2.14. The van der Waals surface area contributed by atoms with Gasteiger partial charge in [-0.05, 0) is 42.0 Å². The normalized spacial score (nSPS) is 18.2. The third-order valence-electron chi connectivity index (χ3n) is 4.85. The molecule has 1 aliphatic rings. The number of Topliss-reactive ketones (excluding diaryl/α,β-unsaturated/α-hetero) is 1. The molecule has 0 radical (unpaired) electrons. The molecule has 2 aromatic rings. The van der Waals surface area contributed by atoms with Gasteiger partial charge in [-0.25, -0.2) is 0 Å². The van der Waals surface area contributed by atoms with Crippen molar-refractivity contribution in [1.29, 1.82) is 0 Å². The Bertz CT molecular complexity index is 935. The fraction of sp³-hybridized carbons (Fsp3) is 0.273. The lowest BCUT2D eigenvalue weighted by atomic mass is 9.95. The lowest BCUT2D eigenvalue weighted by Gasteiger charge is -2.25. The van der Waals surface area contributed by atoms with Gasteiger partial charge in [0.15, 0.2) is 0 Å². The van der Waals surface area contributed by atoms with E-state index in [1.165, 1.54) is 12.0 Å². The highest BCUT2D eigenvalue weighted by Crippen LogP contribution is 2.40. The molecule has 1 amide bonds. The van der Waals surface area contributed by atoms with Gasteiger partial charge in [-0.2, -0.15) is 0 Å². The molecule has 1 unspecified atom stereocenters. The van der Waals surface area contributed by atoms with Gasteiger partial charge in [0.05, 0.1) is 32.4 Å². The van der Waals surface area contributed by atoms with Crippen LogP contribution in [0.3, 0.4) is 0 Å². The Morgan fingerprint density at radius 1 is 1.00 bits per heavy atom. The highest BCUT2D eigenvalue weighted by molar-refractivity contribution is 6.46. The molecule has 7 heteroatoms. The zero-order valence-electron chi connectivity index (χ0n) is 16.5. The standard InChI is InChI=1S/C22H23NO6/c1-27-12-11-23-19(15-5-4-6-17(13-15)29-3)18(21(25)22(23)26)20(24)14-7-9-16(28-2)10-8-14/h4-10,13,19,24H,11-12H2,1-3H3. The number of aliphatic hydroxyl groups is 1. The lowest BCUT2D eigenvalue weighted by molar-refractivity contribution is -0.140. The summed E-state index contributed by atoms with van der Waals surface area (Å²) in [5, 5.41) is 11.0. The molecule has 0 aromatic heterocycles. The average molecular weight is 397 g/mol. The van der Waals surface area contributed by atoms with E-state index in [1.807, 2.05) is 0 Å². The summed E-state index contributed by atoms with van der Waals surface area (Å²) in [6, 6.07) is 13.0. The quantitative estimate of drug-likeness (QED) is 0.439. The predicted molar refractivity (Wildman–Crippen MR) is 107 cm³/mol. The molecule has 7 nitrogen and oxygen atoms in total. The Kier molecular flexibility index (Phi) is 6.19. The minimum Gasteiger partial charge on any atom is -0.507 e. The number of ketones is 1. The lowest BCUT2D eigenvalue weighted by Crippen LogP contribution is -2.32. The van der Waals surface area contributed by atoms with Gasteiger partial charge >= 0.3 is 0 Å². The molecule has 1 atom stereocenters. The second-order valence-corrected chi connectivity index (χ2v) is 6.49. The summed E-state index contributed by atoms with van der Waals surface area (Å²) >= 11 is 0. The minimum absolute atomic E-state index is 0.0320. The van der Waals surface area contributed by atoms with E-state index in [0.29, 0.717) is 22.6 Å². The zero-order valence-corrected chi connectivity index (χ0v) is 16.5. The molecule has 0 bridgehead atoms. The summed E-state index contributed by atoms with van der Waals surface area (Å²) in [4.78, 5) is 27.0. The van der Waals surface area contributed by atoms with Gasteiger partial charge in [0, 0.05) is 19.2 Å². The van der Waals surface area contributed by atoms with E-state index in [2.05, 4.69) is 0 Å². The van der Waals surface area contributed by atoms with Crippen molar-refractivity contribution in [3.05, 3.63) is 65.2 Å². The fourth-order valence-electron chi connectivity index (χ4n) is 3.36. The number of benzene rings is 2. The first-order valence-electron chi connectivity index (χ1n) is 9.07. The maximum absolute atomic E-state index is 12.8. The summed E-state index contributed by atoms with van der Waals surface area (Å²) in [7, 11) is 4.60. The molecular weight excluding hydrogens is 374 g/mol. The summed E-state index contributed by atoms with van der Waals surface area (Å²) in [5.41, 5.74) is 1.11. The van der Waals surface area contributed by atoms with Gasteiger partial charge < -0.3 is 24.2 Å². The molecule has 1 aliphatic heterocycles. The highest BCUT2D eigenvalue weighted by Gasteiger charge is 2.45. The van der Waals surface area contributed by atoms with Crippen molar-refractivity contribution in [2.75, 3.05) is 34.5 Å². The van der Waals surface area contributed by atoms with E-state index < -0.39 is 17.7 Å². The van der Waals surface area contributed by atoms with Gasteiger partial charge in [0.1, 0.15) is 17.3 Å². The van der Waals surface area contributed by atoms with Crippen LogP contribution in [-0.2, 0) is 14.3 Å². The van der Waals surface area contributed by atoms with E-state index in [0.717, 1.165) is 0 Å². The second-order valence-electron chi connectivity index (χ2n) is 6.49. The van der Waals surface area contributed by atoms with Crippen molar-refractivity contribution >= 4 is 17.4 Å². The first-order valence-corrected chi connectivity index (χ1v) is 9.07. The summed E-state index contributed by atoms with van der Waals surface area (Å²) < 4.78 is 15.5. The monoisotopic (exact) mass is 397 g/mol. The van der Waals surface area contributed by atoms with Crippen molar-refractivity contribution in [3.63, 3.8) is 0 Å². The van der Waals surface area contributed by atoms with Crippen LogP contribution in [-0.4, -0.2) is 56.2 Å². The number of hydrogen-bond acceptors (Lipinski definition) is 6. The SMILES string of the molecule is COCCN1C(=O)C(=O)C(=C(O)c2ccc(OC)cc2)C1c1cccc(OC)c1. The molecule has 1 saturated heterocycles. The summed E-state index contributed by atoms with van der Waals surface area (Å²) in [6.45, 7) is 0.471. The van der Waals surface area contributed by atoms with Crippen molar-refractivity contribution in [2.24, 2.45) is 0 Å². The van der Waals surface area contributed by atoms with Crippen LogP contribution in [0.5, 0.6) is 11.5 Å². The highest BCUT2D eigenvalue weighted by atomic mass is 16.5. The number of methoxy groups -OCH3 is 3. The van der Waals surface area contributed by atoms with Crippen LogP contribution in [0.2, 0.25) is 0 Å². The van der Waals surface area contributed by atoms with E-state index in [1.54, 1.807) is 62.8 Å². The number of aliphatic hydroxyl groups excluding tert-OH is 1. The van der Waals surface area contributed by atoms with Crippen molar-refractivity contribution in [1.82, 2.24) is 4.90 Å². The van der Waals surface area contributed by atoms with E-state index >= 15 is 0 Å². The molecule has 29 heavy (non-hydrogen) atoms. The maximum atomic E-state index is 12.8. The number of ether oxygens (including phenoxy) is 3. The van der Waals surface area contributed by atoms with Crippen molar-refractivity contribution < 1.29 is 28.9 Å². The third kappa shape index (κ3) is 3.95. The van der Waals surface area contributed by atoms with E-state index in [4.69, 9.17) is 14.2 Å². The van der Waals surface area contributed by atoms with Crippen LogP contribution >= 0.6 is 0 Å². The van der Waals surface area contributed by atoms with E-state index in [-0.39, 0.29) is 24.5 Å². The number of carbonyl (C=O) groups excluding carboxylic acids is 2. The van der Waals surface area contributed by atoms with Crippen molar-refractivity contribution in [2.45, 2.75) is 6.04 Å². The zero-order chi connectivity index (χ0) is 21.0. The maximum Gasteiger partial charge on any atom is 0.295 e. The van der Waals surface area contributed by atoms with Gasteiger partial charge in [-0.3, -0.25) is 9.59 Å². The topological polar surface area (TPSA) is 85.3 Å². The average Bonchev–Trinajstić information content (AvgIpc) is 3.02. The van der Waals surface area contributed by atoms with Gasteiger partial charge in [-0.15, -0.1) is 0 Å². The first kappa shape index (κ1) is 20.4. The molecule has 3 rings (SSSR count). The molecule has 1 N–H and O–H groups in total. The van der Waals surface area contributed by atoms with Gasteiger partial charge in [-0.1, -0.05) is 12.1 Å². The van der Waals surface area contributed by atoms with Gasteiger partial charge in [0.2, 0.25) is 0 Å². The van der Waals surface area contributed by atoms with Crippen LogP contribution in [0.15, 0.2) is 54.1 Å². The summed E-state index contributed by atoms with van der Waals surface area (Å²) in [5.74, 6) is -0.443. The van der Waals surface area contributed by atoms with Crippen LogP contribution in [0.25, 0.3) is 5.76 Å². The number of nitrogens with zero attached hydrogens (tertiary/aromatic N) is 1. The Hall–Kier alpha value is -3.32. The largest absolute Gasteiger partial charge is 0.507 e.